The molecule has 0 unspecified atom stereocenters. The van der Waals surface area contributed by atoms with E-state index in [2.05, 4.69) is 15.7 Å². The Morgan fingerprint density at radius 3 is 3.05 bits per heavy atom. The third-order valence-electron chi connectivity index (χ3n) is 2.62. The summed E-state index contributed by atoms with van der Waals surface area (Å²) in [5.74, 6) is -0.0695. The Morgan fingerprint density at radius 1 is 1.47 bits per heavy atom. The van der Waals surface area contributed by atoms with E-state index >= 15 is 0 Å². The summed E-state index contributed by atoms with van der Waals surface area (Å²) in [5.41, 5.74) is 8.39. The van der Waals surface area contributed by atoms with Gasteiger partial charge < -0.3 is 11.1 Å². The van der Waals surface area contributed by atoms with E-state index in [9.17, 15) is 4.79 Å². The third-order valence-corrected chi connectivity index (χ3v) is 3.56. The molecule has 0 fully saturated rings. The second-order valence-electron chi connectivity index (χ2n) is 4.30. The van der Waals surface area contributed by atoms with E-state index < -0.39 is 0 Å². The highest BCUT2D eigenvalue weighted by atomic mass is 32.1. The number of benzene rings is 1. The molecule has 19 heavy (non-hydrogen) atoms. The lowest BCUT2D eigenvalue weighted by atomic mass is 10.2. The Morgan fingerprint density at radius 2 is 2.32 bits per heavy atom. The van der Waals surface area contributed by atoms with Gasteiger partial charge in [-0.05, 0) is 31.5 Å². The lowest BCUT2D eigenvalue weighted by molar-refractivity contribution is -0.114. The molecule has 0 bridgehead atoms. The fourth-order valence-corrected chi connectivity index (χ4v) is 2.62. The highest BCUT2D eigenvalue weighted by molar-refractivity contribution is 7.13. The lowest BCUT2D eigenvalue weighted by Crippen LogP contribution is -2.05. The molecule has 1 heterocycles. The minimum absolute atomic E-state index is 0.0695. The molecule has 0 spiro atoms. The largest absolute Gasteiger partial charge is 0.330 e. The number of aromatic nitrogens is 1. The van der Waals surface area contributed by atoms with Crippen LogP contribution in [0.2, 0.25) is 0 Å². The minimum Gasteiger partial charge on any atom is -0.330 e. The molecular formula is C14H17N3OS. The molecule has 0 aliphatic carbocycles. The van der Waals surface area contributed by atoms with Gasteiger partial charge >= 0.3 is 0 Å². The summed E-state index contributed by atoms with van der Waals surface area (Å²) in [4.78, 5) is 15.6. The molecule has 1 amide bonds. The molecule has 0 saturated heterocycles. The molecule has 3 N–H and O–H groups in total. The highest BCUT2D eigenvalue weighted by Gasteiger charge is 2.05. The van der Waals surface area contributed by atoms with E-state index in [1.807, 2.05) is 24.3 Å². The Kier molecular flexibility index (Phi) is 4.65. The first-order chi connectivity index (χ1) is 9.19. The molecule has 0 saturated carbocycles. The molecule has 100 valence electrons. The molecule has 0 aliphatic heterocycles. The van der Waals surface area contributed by atoms with Crippen molar-refractivity contribution in [2.75, 3.05) is 11.9 Å². The maximum atomic E-state index is 11.0. The van der Waals surface area contributed by atoms with Crippen molar-refractivity contribution in [1.29, 1.82) is 0 Å². The van der Waals surface area contributed by atoms with Gasteiger partial charge in [0, 0.05) is 23.6 Å². The number of carbonyl (C=O) groups excluding carboxylic acids is 1. The van der Waals surface area contributed by atoms with E-state index in [0.717, 1.165) is 34.8 Å². The Hall–Kier alpha value is -1.72. The number of amides is 1. The molecule has 4 nitrogen and oxygen atoms in total. The Labute approximate surface area is 116 Å². The smallest absolute Gasteiger partial charge is 0.221 e. The molecule has 0 aliphatic rings. The number of rotatable bonds is 5. The summed E-state index contributed by atoms with van der Waals surface area (Å²) in [6, 6.07) is 7.72. The van der Waals surface area contributed by atoms with E-state index in [0.29, 0.717) is 6.54 Å². The van der Waals surface area contributed by atoms with Crippen LogP contribution in [-0.2, 0) is 11.2 Å². The molecule has 0 atom stereocenters. The van der Waals surface area contributed by atoms with Gasteiger partial charge in [-0.25, -0.2) is 4.98 Å². The van der Waals surface area contributed by atoms with Crippen LogP contribution in [0.4, 0.5) is 5.69 Å². The number of nitrogens with two attached hydrogens (primary N) is 1. The van der Waals surface area contributed by atoms with Crippen molar-refractivity contribution in [2.45, 2.75) is 19.8 Å². The number of hydrogen-bond acceptors (Lipinski definition) is 4. The van der Waals surface area contributed by atoms with Crippen LogP contribution in [0.1, 0.15) is 19.0 Å². The Balaban J connectivity index is 2.16. The number of nitrogens with one attached hydrogen (secondary N) is 1. The van der Waals surface area contributed by atoms with Crippen molar-refractivity contribution < 1.29 is 4.79 Å². The number of thiazole rings is 1. The van der Waals surface area contributed by atoms with E-state index in [4.69, 9.17) is 5.73 Å². The number of carbonyl (C=O) groups is 1. The first-order valence-corrected chi connectivity index (χ1v) is 7.09. The van der Waals surface area contributed by atoms with Crippen molar-refractivity contribution in [3.8, 4) is 10.6 Å². The van der Waals surface area contributed by atoms with Gasteiger partial charge in [0.05, 0.1) is 5.69 Å². The summed E-state index contributed by atoms with van der Waals surface area (Å²) in [7, 11) is 0. The van der Waals surface area contributed by atoms with Crippen LogP contribution >= 0.6 is 11.3 Å². The second kappa shape index (κ2) is 6.45. The summed E-state index contributed by atoms with van der Waals surface area (Å²) >= 11 is 1.62. The van der Waals surface area contributed by atoms with Crippen LogP contribution in [0.5, 0.6) is 0 Å². The van der Waals surface area contributed by atoms with Crippen molar-refractivity contribution in [1.82, 2.24) is 4.98 Å². The lowest BCUT2D eigenvalue weighted by Gasteiger charge is -2.03. The normalized spacial score (nSPS) is 10.4. The zero-order chi connectivity index (χ0) is 13.7. The zero-order valence-corrected chi connectivity index (χ0v) is 11.7. The second-order valence-corrected chi connectivity index (χ2v) is 5.16. The van der Waals surface area contributed by atoms with Crippen molar-refractivity contribution in [3.05, 3.63) is 35.3 Å². The van der Waals surface area contributed by atoms with Gasteiger partial charge in [-0.1, -0.05) is 12.1 Å². The van der Waals surface area contributed by atoms with Crippen molar-refractivity contribution in [3.63, 3.8) is 0 Å². The van der Waals surface area contributed by atoms with Gasteiger partial charge in [-0.15, -0.1) is 11.3 Å². The van der Waals surface area contributed by atoms with Gasteiger partial charge in [0.25, 0.3) is 0 Å². The molecule has 2 aromatic rings. The van der Waals surface area contributed by atoms with E-state index in [1.165, 1.54) is 6.92 Å². The maximum Gasteiger partial charge on any atom is 0.221 e. The number of anilines is 1. The van der Waals surface area contributed by atoms with Gasteiger partial charge in [-0.3, -0.25) is 4.79 Å². The fraction of sp³-hybridized carbons (Fsp3) is 0.286. The van der Waals surface area contributed by atoms with Gasteiger partial charge in [0.2, 0.25) is 5.91 Å². The molecular weight excluding hydrogens is 258 g/mol. The maximum absolute atomic E-state index is 11.0. The van der Waals surface area contributed by atoms with Gasteiger partial charge in [0.1, 0.15) is 5.01 Å². The van der Waals surface area contributed by atoms with Gasteiger partial charge in [-0.2, -0.15) is 0 Å². The fourth-order valence-electron chi connectivity index (χ4n) is 1.77. The predicted octanol–water partition coefficient (Wildman–Crippen LogP) is 2.66. The van der Waals surface area contributed by atoms with Crippen molar-refractivity contribution in [2.24, 2.45) is 5.73 Å². The first kappa shape index (κ1) is 13.7. The van der Waals surface area contributed by atoms with Crippen molar-refractivity contribution >= 4 is 22.9 Å². The Bertz CT molecular complexity index is 565. The summed E-state index contributed by atoms with van der Waals surface area (Å²) in [6.45, 7) is 2.19. The molecule has 1 aromatic heterocycles. The first-order valence-electron chi connectivity index (χ1n) is 6.21. The molecule has 5 heteroatoms. The van der Waals surface area contributed by atoms with Crippen LogP contribution in [-0.4, -0.2) is 17.4 Å². The van der Waals surface area contributed by atoms with E-state index in [-0.39, 0.29) is 5.91 Å². The SMILES string of the molecule is CC(=O)Nc1cccc(-c2nc(CCCN)cs2)c1. The average molecular weight is 275 g/mol. The monoisotopic (exact) mass is 275 g/mol. The molecule has 1 aromatic carbocycles. The summed E-state index contributed by atoms with van der Waals surface area (Å²) < 4.78 is 0. The average Bonchev–Trinajstić information content (AvgIpc) is 2.84. The van der Waals surface area contributed by atoms with Crippen LogP contribution in [0, 0.1) is 0 Å². The van der Waals surface area contributed by atoms with Crippen LogP contribution in [0.3, 0.4) is 0 Å². The zero-order valence-electron chi connectivity index (χ0n) is 10.8. The van der Waals surface area contributed by atoms with Crippen LogP contribution in [0.25, 0.3) is 10.6 Å². The number of aryl methyl sites for hydroxylation is 1. The minimum atomic E-state index is -0.0695. The summed E-state index contributed by atoms with van der Waals surface area (Å²) in [6.07, 6.45) is 1.87. The van der Waals surface area contributed by atoms with E-state index in [1.54, 1.807) is 11.3 Å². The number of hydrogen-bond donors (Lipinski definition) is 2. The van der Waals surface area contributed by atoms with Gasteiger partial charge in [0.15, 0.2) is 0 Å². The van der Waals surface area contributed by atoms with Crippen LogP contribution < -0.4 is 11.1 Å². The standard InChI is InChI=1S/C14H17N3OS/c1-10(18)16-12-5-2-4-11(8-12)14-17-13(9-19-14)6-3-7-15/h2,4-5,8-9H,3,6-7,15H2,1H3,(H,16,18). The summed E-state index contributed by atoms with van der Waals surface area (Å²) in [5, 5.41) is 5.81. The molecule has 2 rings (SSSR count). The quantitative estimate of drug-likeness (QED) is 0.881. The highest BCUT2D eigenvalue weighted by Crippen LogP contribution is 2.26. The number of nitrogens with zero attached hydrogens (tertiary/aromatic N) is 1. The third kappa shape index (κ3) is 3.87. The predicted molar refractivity (Wildman–Crippen MR) is 79.2 cm³/mol. The van der Waals surface area contributed by atoms with Crippen LogP contribution in [0.15, 0.2) is 29.6 Å². The topological polar surface area (TPSA) is 68.0 Å². The molecule has 0 radical (unpaired) electrons.